The zero-order valence-electron chi connectivity index (χ0n) is 18.4. The Balaban J connectivity index is 1.36. The number of aromatic carboxylic acids is 1. The Labute approximate surface area is 199 Å². The molecule has 0 bridgehead atoms. The highest BCUT2D eigenvalue weighted by Gasteiger charge is 2.28. The SMILES string of the molecule is COc1cccc(CNC(=O)C2=Nc3scc(COCc4ccc(C(=O)O)cc4)c3C(=O)C2)c1. The fourth-order valence-corrected chi connectivity index (χ4v) is 4.46. The summed E-state index contributed by atoms with van der Waals surface area (Å²) in [4.78, 5) is 40.8. The Hall–Kier alpha value is -3.82. The number of carboxylic acids is 1. The van der Waals surface area contributed by atoms with E-state index in [1.165, 1.54) is 23.5 Å². The van der Waals surface area contributed by atoms with Gasteiger partial charge < -0.3 is 19.9 Å². The van der Waals surface area contributed by atoms with Gasteiger partial charge >= 0.3 is 5.97 Å². The second-order valence-electron chi connectivity index (χ2n) is 7.63. The molecule has 8 nitrogen and oxygen atoms in total. The second-order valence-corrected chi connectivity index (χ2v) is 8.49. The molecule has 0 unspecified atom stereocenters. The van der Waals surface area contributed by atoms with E-state index in [1.807, 2.05) is 29.6 Å². The number of rotatable bonds is 9. The summed E-state index contributed by atoms with van der Waals surface area (Å²) in [5.41, 5.74) is 3.33. The van der Waals surface area contributed by atoms with Crippen LogP contribution in [0.5, 0.6) is 5.75 Å². The van der Waals surface area contributed by atoms with Crippen molar-refractivity contribution in [3.63, 3.8) is 0 Å². The molecule has 174 valence electrons. The summed E-state index contributed by atoms with van der Waals surface area (Å²) in [5, 5.41) is 14.1. The Bertz CT molecular complexity index is 1260. The summed E-state index contributed by atoms with van der Waals surface area (Å²) in [5.74, 6) is -0.822. The standard InChI is InChI=1S/C25H22N2O6S/c1-32-19-4-2-3-16(9-19)11-26-23(29)20-10-21(28)22-18(14-34-24(22)27-20)13-33-12-15-5-7-17(8-6-15)25(30)31/h2-9,14H,10-13H2,1H3,(H,26,29)(H,30,31). The Morgan fingerprint density at radius 2 is 1.91 bits per heavy atom. The molecule has 1 aliphatic heterocycles. The predicted octanol–water partition coefficient (Wildman–Crippen LogP) is 4.15. The minimum absolute atomic E-state index is 0.0721. The number of thiophene rings is 1. The highest BCUT2D eigenvalue weighted by Crippen LogP contribution is 2.36. The molecule has 0 saturated carbocycles. The number of fused-ring (bicyclic) bond motifs is 1. The number of hydrogen-bond donors (Lipinski definition) is 2. The lowest BCUT2D eigenvalue weighted by Crippen LogP contribution is -2.33. The highest BCUT2D eigenvalue weighted by atomic mass is 32.1. The molecular formula is C25H22N2O6S. The Morgan fingerprint density at radius 3 is 2.65 bits per heavy atom. The van der Waals surface area contributed by atoms with E-state index in [-0.39, 0.29) is 42.6 Å². The summed E-state index contributed by atoms with van der Waals surface area (Å²) in [6.07, 6.45) is -0.0721. The van der Waals surface area contributed by atoms with Gasteiger partial charge in [-0.2, -0.15) is 0 Å². The summed E-state index contributed by atoms with van der Waals surface area (Å²) >= 11 is 1.30. The van der Waals surface area contributed by atoms with E-state index < -0.39 is 5.97 Å². The molecular weight excluding hydrogens is 456 g/mol. The minimum atomic E-state index is -0.982. The molecule has 0 spiro atoms. The third-order valence-electron chi connectivity index (χ3n) is 5.27. The smallest absolute Gasteiger partial charge is 0.335 e. The molecule has 0 aliphatic carbocycles. The van der Waals surface area contributed by atoms with Crippen molar-refractivity contribution in [3.05, 3.63) is 81.7 Å². The second kappa shape index (κ2) is 10.4. The van der Waals surface area contributed by atoms with Crippen molar-refractivity contribution in [2.24, 2.45) is 4.99 Å². The van der Waals surface area contributed by atoms with Gasteiger partial charge in [0, 0.05) is 12.1 Å². The van der Waals surface area contributed by atoms with Crippen LogP contribution in [-0.4, -0.2) is 35.6 Å². The van der Waals surface area contributed by atoms with Crippen molar-refractivity contribution >= 4 is 39.7 Å². The van der Waals surface area contributed by atoms with Crippen LogP contribution in [0.25, 0.3) is 0 Å². The van der Waals surface area contributed by atoms with E-state index in [9.17, 15) is 14.4 Å². The third kappa shape index (κ3) is 5.38. The lowest BCUT2D eigenvalue weighted by Gasteiger charge is -2.13. The van der Waals surface area contributed by atoms with Crippen LogP contribution in [0.15, 0.2) is 58.9 Å². The number of carbonyl (C=O) groups excluding carboxylic acids is 2. The fourth-order valence-electron chi connectivity index (χ4n) is 3.49. The average Bonchev–Trinajstić information content (AvgIpc) is 3.26. The van der Waals surface area contributed by atoms with E-state index in [4.69, 9.17) is 14.6 Å². The fraction of sp³-hybridized carbons (Fsp3) is 0.200. The number of carbonyl (C=O) groups is 3. The van der Waals surface area contributed by atoms with Gasteiger partial charge in [-0.1, -0.05) is 24.3 Å². The normalized spacial score (nSPS) is 12.6. The summed E-state index contributed by atoms with van der Waals surface area (Å²) in [7, 11) is 1.58. The topological polar surface area (TPSA) is 114 Å². The molecule has 34 heavy (non-hydrogen) atoms. The molecule has 0 fully saturated rings. The molecule has 9 heteroatoms. The first-order valence-corrected chi connectivity index (χ1v) is 11.3. The number of benzene rings is 2. The van der Waals surface area contributed by atoms with Crippen LogP contribution >= 0.6 is 11.3 Å². The molecule has 1 amide bonds. The van der Waals surface area contributed by atoms with Crippen LogP contribution < -0.4 is 10.1 Å². The van der Waals surface area contributed by atoms with Gasteiger partial charge in [0.25, 0.3) is 5.91 Å². The molecule has 2 heterocycles. The van der Waals surface area contributed by atoms with E-state index in [2.05, 4.69) is 10.3 Å². The Morgan fingerprint density at radius 1 is 1.12 bits per heavy atom. The van der Waals surface area contributed by atoms with Crippen molar-refractivity contribution in [2.75, 3.05) is 7.11 Å². The molecule has 2 N–H and O–H groups in total. The van der Waals surface area contributed by atoms with E-state index >= 15 is 0 Å². The minimum Gasteiger partial charge on any atom is -0.497 e. The first-order chi connectivity index (χ1) is 16.4. The average molecular weight is 479 g/mol. The predicted molar refractivity (Wildman–Crippen MR) is 127 cm³/mol. The molecule has 0 radical (unpaired) electrons. The van der Waals surface area contributed by atoms with Crippen LogP contribution in [0, 0.1) is 0 Å². The largest absolute Gasteiger partial charge is 0.497 e. The van der Waals surface area contributed by atoms with Crippen molar-refractivity contribution in [3.8, 4) is 5.75 Å². The number of aliphatic imine (C=N–C) groups is 1. The molecule has 3 aromatic rings. The number of nitrogens with zero attached hydrogens (tertiary/aromatic N) is 1. The van der Waals surface area contributed by atoms with Crippen molar-refractivity contribution in [2.45, 2.75) is 26.2 Å². The summed E-state index contributed by atoms with van der Waals surface area (Å²) < 4.78 is 10.9. The summed E-state index contributed by atoms with van der Waals surface area (Å²) in [6.45, 7) is 0.790. The molecule has 0 saturated heterocycles. The van der Waals surface area contributed by atoms with Gasteiger partial charge in [-0.25, -0.2) is 9.79 Å². The first-order valence-electron chi connectivity index (χ1n) is 10.5. The quantitative estimate of drug-likeness (QED) is 0.478. The first kappa shape index (κ1) is 23.3. The van der Waals surface area contributed by atoms with E-state index in [0.717, 1.165) is 16.7 Å². The number of nitrogens with one attached hydrogen (secondary N) is 1. The number of ether oxygens (including phenoxy) is 2. The zero-order chi connectivity index (χ0) is 24.1. The number of hydrogen-bond acceptors (Lipinski definition) is 7. The number of carboxylic acid groups (broad SMARTS) is 1. The van der Waals surface area contributed by atoms with Crippen molar-refractivity contribution in [1.29, 1.82) is 0 Å². The Kier molecular flexibility index (Phi) is 7.15. The van der Waals surface area contributed by atoms with Gasteiger partial charge in [-0.05, 0) is 40.8 Å². The van der Waals surface area contributed by atoms with E-state index in [1.54, 1.807) is 19.2 Å². The highest BCUT2D eigenvalue weighted by molar-refractivity contribution is 7.14. The number of amides is 1. The van der Waals surface area contributed by atoms with Crippen LogP contribution in [0.4, 0.5) is 5.00 Å². The number of Topliss-reactive ketones (excluding diaryl/α,β-unsaturated/α-hetero) is 1. The van der Waals surface area contributed by atoms with Crippen molar-refractivity contribution < 1.29 is 29.0 Å². The maximum Gasteiger partial charge on any atom is 0.335 e. The molecule has 1 aromatic heterocycles. The zero-order valence-corrected chi connectivity index (χ0v) is 19.2. The van der Waals surface area contributed by atoms with Gasteiger partial charge in [0.05, 0.1) is 37.9 Å². The lowest BCUT2D eigenvalue weighted by atomic mass is 10.0. The molecule has 1 aliphatic rings. The van der Waals surface area contributed by atoms with Gasteiger partial charge in [-0.15, -0.1) is 11.3 Å². The molecule has 4 rings (SSSR count). The van der Waals surface area contributed by atoms with E-state index in [0.29, 0.717) is 22.9 Å². The van der Waals surface area contributed by atoms with Crippen molar-refractivity contribution in [1.82, 2.24) is 5.32 Å². The van der Waals surface area contributed by atoms with Crippen LogP contribution in [0.3, 0.4) is 0 Å². The van der Waals surface area contributed by atoms with Gasteiger partial charge in [0.2, 0.25) is 0 Å². The van der Waals surface area contributed by atoms with Crippen LogP contribution in [0.2, 0.25) is 0 Å². The molecule has 2 aromatic carbocycles. The van der Waals surface area contributed by atoms with Gasteiger partial charge in [0.15, 0.2) is 5.78 Å². The van der Waals surface area contributed by atoms with Crippen LogP contribution in [0.1, 0.15) is 43.8 Å². The lowest BCUT2D eigenvalue weighted by molar-refractivity contribution is -0.115. The molecule has 0 atom stereocenters. The third-order valence-corrected chi connectivity index (χ3v) is 6.19. The monoisotopic (exact) mass is 478 g/mol. The number of ketones is 1. The number of methoxy groups -OCH3 is 1. The maximum atomic E-state index is 12.8. The van der Waals surface area contributed by atoms with Gasteiger partial charge in [0.1, 0.15) is 16.5 Å². The summed E-state index contributed by atoms with van der Waals surface area (Å²) in [6, 6.07) is 13.8. The van der Waals surface area contributed by atoms with Crippen LogP contribution in [-0.2, 0) is 29.3 Å². The maximum absolute atomic E-state index is 12.8. The van der Waals surface area contributed by atoms with Gasteiger partial charge in [-0.3, -0.25) is 9.59 Å².